The van der Waals surface area contributed by atoms with Crippen LogP contribution in [0.3, 0.4) is 0 Å². The summed E-state index contributed by atoms with van der Waals surface area (Å²) in [5.74, 6) is -0.248. The number of methoxy groups -OCH3 is 2. The standard InChI is InChI=1S/C11H22BrNO3/c1-11(2,5-6-15-3)8-13-7-9(12)10(14)16-4/h9,13H,5-8H2,1-4H3. The largest absolute Gasteiger partial charge is 0.468 e. The van der Waals surface area contributed by atoms with E-state index < -0.39 is 0 Å². The van der Waals surface area contributed by atoms with E-state index >= 15 is 0 Å². The van der Waals surface area contributed by atoms with Gasteiger partial charge in [-0.15, -0.1) is 0 Å². The molecule has 0 bridgehead atoms. The molecule has 0 rings (SSSR count). The molecule has 0 aliphatic rings. The maximum atomic E-state index is 11.1. The van der Waals surface area contributed by atoms with Gasteiger partial charge in [-0.25, -0.2) is 0 Å². The number of carbonyl (C=O) groups excluding carboxylic acids is 1. The highest BCUT2D eigenvalue weighted by Crippen LogP contribution is 2.18. The van der Waals surface area contributed by atoms with Crippen LogP contribution in [0.5, 0.6) is 0 Å². The van der Waals surface area contributed by atoms with E-state index in [1.807, 2.05) is 0 Å². The van der Waals surface area contributed by atoms with Gasteiger partial charge in [0, 0.05) is 26.8 Å². The zero-order valence-electron chi connectivity index (χ0n) is 10.5. The van der Waals surface area contributed by atoms with Crippen molar-refractivity contribution in [2.75, 3.05) is 33.9 Å². The summed E-state index contributed by atoms with van der Waals surface area (Å²) in [6.45, 7) is 6.50. The average Bonchev–Trinajstić information content (AvgIpc) is 2.24. The predicted octanol–water partition coefficient (Wildman–Crippen LogP) is 1.58. The second kappa shape index (κ2) is 8.03. The Morgan fingerprint density at radius 3 is 2.56 bits per heavy atom. The summed E-state index contributed by atoms with van der Waals surface area (Å²) in [4.78, 5) is 10.8. The van der Waals surface area contributed by atoms with Crippen molar-refractivity contribution in [3.8, 4) is 0 Å². The van der Waals surface area contributed by atoms with Crippen LogP contribution in [0.15, 0.2) is 0 Å². The van der Waals surface area contributed by atoms with Crippen LogP contribution >= 0.6 is 15.9 Å². The highest BCUT2D eigenvalue weighted by Gasteiger charge is 2.19. The van der Waals surface area contributed by atoms with E-state index in [1.54, 1.807) is 7.11 Å². The van der Waals surface area contributed by atoms with Crippen LogP contribution in [-0.2, 0) is 14.3 Å². The normalized spacial score (nSPS) is 13.6. The number of esters is 1. The number of rotatable bonds is 8. The molecule has 1 atom stereocenters. The van der Waals surface area contributed by atoms with Crippen molar-refractivity contribution < 1.29 is 14.3 Å². The molecular formula is C11H22BrNO3. The molecule has 16 heavy (non-hydrogen) atoms. The number of alkyl halides is 1. The molecule has 0 fully saturated rings. The van der Waals surface area contributed by atoms with Crippen LogP contribution in [0.25, 0.3) is 0 Å². The average molecular weight is 296 g/mol. The Morgan fingerprint density at radius 2 is 2.06 bits per heavy atom. The van der Waals surface area contributed by atoms with Crippen molar-refractivity contribution in [3.05, 3.63) is 0 Å². The van der Waals surface area contributed by atoms with Gasteiger partial charge < -0.3 is 14.8 Å². The molecule has 0 saturated heterocycles. The van der Waals surface area contributed by atoms with Gasteiger partial charge in [0.05, 0.1) is 7.11 Å². The molecular weight excluding hydrogens is 274 g/mol. The van der Waals surface area contributed by atoms with Crippen molar-refractivity contribution in [2.45, 2.75) is 25.1 Å². The lowest BCUT2D eigenvalue weighted by Crippen LogP contribution is -2.36. The van der Waals surface area contributed by atoms with E-state index in [9.17, 15) is 4.79 Å². The van der Waals surface area contributed by atoms with Crippen LogP contribution in [0, 0.1) is 5.41 Å². The Kier molecular flexibility index (Phi) is 7.97. The summed E-state index contributed by atoms with van der Waals surface area (Å²) in [6, 6.07) is 0. The molecule has 0 aromatic heterocycles. The van der Waals surface area contributed by atoms with Crippen LogP contribution in [0.2, 0.25) is 0 Å². The smallest absolute Gasteiger partial charge is 0.320 e. The van der Waals surface area contributed by atoms with Gasteiger partial charge in [-0.2, -0.15) is 0 Å². The minimum atomic E-state index is -0.282. The maximum Gasteiger partial charge on any atom is 0.320 e. The molecule has 0 radical (unpaired) electrons. The van der Waals surface area contributed by atoms with Crippen molar-refractivity contribution in [1.82, 2.24) is 5.32 Å². The molecule has 4 nitrogen and oxygen atoms in total. The first-order valence-electron chi connectivity index (χ1n) is 5.34. The number of ether oxygens (including phenoxy) is 2. The fourth-order valence-corrected chi connectivity index (χ4v) is 1.63. The lowest BCUT2D eigenvalue weighted by molar-refractivity contribution is -0.139. The lowest BCUT2D eigenvalue weighted by atomic mass is 9.90. The summed E-state index contributed by atoms with van der Waals surface area (Å²) < 4.78 is 9.66. The van der Waals surface area contributed by atoms with E-state index in [2.05, 4.69) is 39.8 Å². The molecule has 0 aliphatic carbocycles. The topological polar surface area (TPSA) is 47.6 Å². The van der Waals surface area contributed by atoms with Gasteiger partial charge in [0.15, 0.2) is 0 Å². The second-order valence-corrected chi connectivity index (χ2v) is 5.63. The van der Waals surface area contributed by atoms with Crippen molar-refractivity contribution in [3.63, 3.8) is 0 Å². The van der Waals surface area contributed by atoms with Crippen LogP contribution < -0.4 is 5.32 Å². The monoisotopic (exact) mass is 295 g/mol. The molecule has 1 unspecified atom stereocenters. The summed E-state index contributed by atoms with van der Waals surface area (Å²) in [5.41, 5.74) is 0.166. The summed E-state index contributed by atoms with van der Waals surface area (Å²) >= 11 is 3.26. The fraction of sp³-hybridized carbons (Fsp3) is 0.909. The summed E-state index contributed by atoms with van der Waals surface area (Å²) in [6.07, 6.45) is 0.988. The molecule has 0 heterocycles. The first-order valence-corrected chi connectivity index (χ1v) is 6.26. The first kappa shape index (κ1) is 15.9. The van der Waals surface area contributed by atoms with E-state index in [0.29, 0.717) is 6.54 Å². The molecule has 0 aliphatic heterocycles. The zero-order chi connectivity index (χ0) is 12.6. The van der Waals surface area contributed by atoms with Crippen molar-refractivity contribution in [1.29, 1.82) is 0 Å². The van der Waals surface area contributed by atoms with E-state index in [1.165, 1.54) is 7.11 Å². The lowest BCUT2D eigenvalue weighted by Gasteiger charge is -2.25. The summed E-state index contributed by atoms with van der Waals surface area (Å²) in [5, 5.41) is 3.25. The Morgan fingerprint density at radius 1 is 1.44 bits per heavy atom. The van der Waals surface area contributed by atoms with Gasteiger partial charge in [-0.05, 0) is 11.8 Å². The third-order valence-corrected chi connectivity index (χ3v) is 3.06. The molecule has 0 amide bonds. The van der Waals surface area contributed by atoms with Crippen LogP contribution in [0.4, 0.5) is 0 Å². The van der Waals surface area contributed by atoms with Crippen LogP contribution in [-0.4, -0.2) is 44.7 Å². The van der Waals surface area contributed by atoms with Gasteiger partial charge in [0.25, 0.3) is 0 Å². The molecule has 5 heteroatoms. The number of hydrogen-bond donors (Lipinski definition) is 1. The molecule has 0 aromatic carbocycles. The number of nitrogens with one attached hydrogen (secondary N) is 1. The Bertz CT molecular complexity index is 209. The van der Waals surface area contributed by atoms with E-state index in [0.717, 1.165) is 19.6 Å². The quantitative estimate of drug-likeness (QED) is 0.546. The summed E-state index contributed by atoms with van der Waals surface area (Å²) in [7, 11) is 3.09. The van der Waals surface area contributed by atoms with Gasteiger partial charge in [0.1, 0.15) is 4.83 Å². The number of halogens is 1. The number of carbonyl (C=O) groups is 1. The predicted molar refractivity (Wildman–Crippen MR) is 67.9 cm³/mol. The first-order chi connectivity index (χ1) is 7.43. The Hall–Kier alpha value is -0.130. The van der Waals surface area contributed by atoms with Crippen molar-refractivity contribution >= 4 is 21.9 Å². The highest BCUT2D eigenvalue weighted by molar-refractivity contribution is 9.10. The van der Waals surface area contributed by atoms with Crippen LogP contribution in [0.1, 0.15) is 20.3 Å². The van der Waals surface area contributed by atoms with E-state index in [-0.39, 0.29) is 16.2 Å². The molecule has 0 spiro atoms. The molecule has 0 saturated carbocycles. The number of hydrogen-bond acceptors (Lipinski definition) is 4. The van der Waals surface area contributed by atoms with Gasteiger partial charge in [-0.1, -0.05) is 29.8 Å². The second-order valence-electron chi connectivity index (χ2n) is 4.53. The van der Waals surface area contributed by atoms with Gasteiger partial charge in [0.2, 0.25) is 0 Å². The minimum absolute atomic E-state index is 0.166. The highest BCUT2D eigenvalue weighted by atomic mass is 79.9. The molecule has 96 valence electrons. The maximum absolute atomic E-state index is 11.1. The Balaban J connectivity index is 3.75. The zero-order valence-corrected chi connectivity index (χ0v) is 12.1. The minimum Gasteiger partial charge on any atom is -0.468 e. The van der Waals surface area contributed by atoms with Gasteiger partial charge >= 0.3 is 5.97 Å². The SMILES string of the molecule is COCCC(C)(C)CNCC(Br)C(=O)OC. The van der Waals surface area contributed by atoms with Crippen molar-refractivity contribution in [2.24, 2.45) is 5.41 Å². The third kappa shape index (κ3) is 7.19. The third-order valence-electron chi connectivity index (χ3n) is 2.37. The molecule has 1 N–H and O–H groups in total. The molecule has 0 aromatic rings. The van der Waals surface area contributed by atoms with Gasteiger partial charge in [-0.3, -0.25) is 4.79 Å². The fourth-order valence-electron chi connectivity index (χ4n) is 1.22. The Labute approximate surface area is 106 Å². The van der Waals surface area contributed by atoms with E-state index in [4.69, 9.17) is 4.74 Å².